The summed E-state index contributed by atoms with van der Waals surface area (Å²) >= 11 is 7.70. The van der Waals surface area contributed by atoms with Crippen LogP contribution in [0.3, 0.4) is 0 Å². The van der Waals surface area contributed by atoms with Crippen LogP contribution in [0.2, 0.25) is 5.02 Å². The van der Waals surface area contributed by atoms with Crippen molar-refractivity contribution in [2.75, 3.05) is 9.80 Å². The number of rotatable bonds is 3. The molecule has 6 aromatic rings. The van der Waals surface area contributed by atoms with Gasteiger partial charge in [-0.3, -0.25) is 0 Å². The van der Waals surface area contributed by atoms with Crippen LogP contribution in [0.5, 0.6) is 0 Å². The lowest BCUT2D eigenvalue weighted by Crippen LogP contribution is -2.16. The van der Waals surface area contributed by atoms with E-state index in [4.69, 9.17) is 11.6 Å². The van der Waals surface area contributed by atoms with Gasteiger partial charge in [-0.25, -0.2) is 0 Å². The number of benzene rings is 6. The van der Waals surface area contributed by atoms with Crippen molar-refractivity contribution in [1.29, 1.82) is 0 Å². The Hall–Kier alpha value is -4.79. The Bertz CT molecular complexity index is 1920. The van der Waals surface area contributed by atoms with Gasteiger partial charge in [0.25, 0.3) is 0 Å². The third kappa shape index (κ3) is 5.95. The van der Waals surface area contributed by atoms with Gasteiger partial charge in [0.1, 0.15) is 0 Å². The van der Waals surface area contributed by atoms with E-state index in [2.05, 4.69) is 191 Å². The fourth-order valence-electron chi connectivity index (χ4n) is 6.44. The maximum Gasteiger partial charge on any atom is 0.0887 e. The molecule has 1 aliphatic rings. The maximum atomic E-state index is 7.70. The molecule has 47 heavy (non-hydrogen) atoms. The predicted molar refractivity (Wildman–Crippen MR) is 203 cm³/mol. The molecule has 0 amide bonds. The van der Waals surface area contributed by atoms with Crippen LogP contribution in [0.25, 0.3) is 22.3 Å². The summed E-state index contributed by atoms with van der Waals surface area (Å²) in [6.07, 6.45) is 0. The Morgan fingerprint density at radius 2 is 0.787 bits per heavy atom. The average molecular weight is 633 g/mol. The van der Waals surface area contributed by atoms with Crippen LogP contribution in [0, 0.1) is 0 Å². The van der Waals surface area contributed by atoms with Gasteiger partial charge < -0.3 is 9.80 Å². The van der Waals surface area contributed by atoms with Gasteiger partial charge in [0.05, 0.1) is 16.4 Å². The topological polar surface area (TPSA) is 6.48 Å². The van der Waals surface area contributed by atoms with Gasteiger partial charge in [0.15, 0.2) is 0 Å². The minimum absolute atomic E-state index is 0.0487. The zero-order valence-corrected chi connectivity index (χ0v) is 28.8. The third-order valence-electron chi connectivity index (χ3n) is 9.15. The first kappa shape index (κ1) is 30.8. The van der Waals surface area contributed by atoms with Crippen molar-refractivity contribution in [1.82, 2.24) is 0 Å². The van der Waals surface area contributed by atoms with Gasteiger partial charge in [-0.05, 0) is 105 Å². The highest BCUT2D eigenvalue weighted by Crippen LogP contribution is 2.50. The van der Waals surface area contributed by atoms with E-state index in [1.807, 2.05) is 0 Å². The van der Waals surface area contributed by atoms with E-state index in [1.165, 1.54) is 11.1 Å². The van der Waals surface area contributed by atoms with Crippen molar-refractivity contribution < 1.29 is 0 Å². The molecular weight excluding hydrogens is 592 g/mol. The van der Waals surface area contributed by atoms with Crippen molar-refractivity contribution in [3.8, 4) is 22.3 Å². The van der Waals surface area contributed by atoms with Crippen molar-refractivity contribution >= 4 is 45.7 Å². The predicted octanol–water partition coefficient (Wildman–Crippen LogP) is 13.5. The minimum atomic E-state index is 0.0487. The highest BCUT2D eigenvalue weighted by atomic mass is 35.5. The second-order valence-corrected chi connectivity index (χ2v) is 14.9. The molecule has 0 saturated heterocycles. The number of halogens is 1. The van der Waals surface area contributed by atoms with Crippen molar-refractivity contribution in [2.24, 2.45) is 0 Å². The molecule has 6 aromatic carbocycles. The van der Waals surface area contributed by atoms with Gasteiger partial charge in [0, 0.05) is 22.7 Å². The van der Waals surface area contributed by atoms with Gasteiger partial charge in [-0.2, -0.15) is 0 Å². The van der Waals surface area contributed by atoms with Crippen LogP contribution in [-0.4, -0.2) is 0 Å². The summed E-state index contributed by atoms with van der Waals surface area (Å²) in [6, 6.07) is 50.5. The van der Waals surface area contributed by atoms with Crippen LogP contribution in [-0.2, 0) is 10.8 Å². The van der Waals surface area contributed by atoms with Gasteiger partial charge in [-0.15, -0.1) is 0 Å². The molecule has 6 bridgehead atoms. The van der Waals surface area contributed by atoms with E-state index < -0.39 is 0 Å². The van der Waals surface area contributed by atoms with Crippen LogP contribution >= 0.6 is 11.6 Å². The Morgan fingerprint density at radius 3 is 1.19 bits per heavy atom. The molecule has 3 heteroatoms. The number of hydrogen-bond donors (Lipinski definition) is 0. The normalized spacial score (nSPS) is 12.9. The molecule has 1 aliphatic heterocycles. The quantitative estimate of drug-likeness (QED) is 0.191. The molecule has 0 atom stereocenters. The summed E-state index contributed by atoms with van der Waals surface area (Å²) in [5.74, 6) is 0. The lowest BCUT2D eigenvalue weighted by molar-refractivity contribution is 0.590. The van der Waals surface area contributed by atoms with Crippen LogP contribution in [0.4, 0.5) is 34.1 Å². The summed E-state index contributed by atoms with van der Waals surface area (Å²) in [6.45, 7) is 13.5. The van der Waals surface area contributed by atoms with E-state index in [-0.39, 0.29) is 10.8 Å². The highest BCUT2D eigenvalue weighted by molar-refractivity contribution is 6.37. The molecule has 1 heterocycles. The van der Waals surface area contributed by atoms with Crippen LogP contribution < -0.4 is 9.80 Å². The molecule has 0 radical (unpaired) electrons. The number of anilines is 6. The molecule has 234 valence electrons. The Morgan fingerprint density at radius 1 is 0.383 bits per heavy atom. The van der Waals surface area contributed by atoms with E-state index >= 15 is 0 Å². The molecule has 0 fully saturated rings. The molecule has 0 spiro atoms. The van der Waals surface area contributed by atoms with Gasteiger partial charge in [0.2, 0.25) is 0 Å². The zero-order chi connectivity index (χ0) is 32.9. The first-order valence-corrected chi connectivity index (χ1v) is 16.8. The third-order valence-corrected chi connectivity index (χ3v) is 9.54. The van der Waals surface area contributed by atoms with Crippen molar-refractivity contribution in [3.63, 3.8) is 0 Å². The summed E-state index contributed by atoms with van der Waals surface area (Å²) in [4.78, 5) is 4.62. The highest BCUT2D eigenvalue weighted by Gasteiger charge is 2.26. The van der Waals surface area contributed by atoms with Gasteiger partial charge >= 0.3 is 0 Å². The summed E-state index contributed by atoms with van der Waals surface area (Å²) < 4.78 is 0. The molecule has 0 aliphatic carbocycles. The van der Waals surface area contributed by atoms with Crippen molar-refractivity contribution in [3.05, 3.63) is 156 Å². The summed E-state index contributed by atoms with van der Waals surface area (Å²) in [7, 11) is 0. The molecule has 2 nitrogen and oxygen atoms in total. The zero-order valence-electron chi connectivity index (χ0n) is 28.1. The monoisotopic (exact) mass is 632 g/mol. The number of hydrogen-bond acceptors (Lipinski definition) is 2. The van der Waals surface area contributed by atoms with E-state index in [1.54, 1.807) is 0 Å². The molecule has 0 aromatic heterocycles. The smallest absolute Gasteiger partial charge is 0.0887 e. The largest absolute Gasteiger partial charge is 0.309 e. The molecule has 0 unspecified atom stereocenters. The standard InChI is InChI=1S/C44H41ClN2/c1-43(2,3)34-18-22-36(23-19-34)46-38-16-10-14-31(26-38)32-15-11-17-39(27-32)47(37-24-20-35(21-25-37)44(4,5)6)41-29-33(28-40(46)42(41)45)30-12-8-7-9-13-30/h7-29H,1-6H3. The first-order valence-electron chi connectivity index (χ1n) is 16.4. The summed E-state index contributed by atoms with van der Waals surface area (Å²) in [5, 5.41) is 0.683. The average Bonchev–Trinajstić information content (AvgIpc) is 3.07. The molecule has 0 N–H and O–H groups in total. The minimum Gasteiger partial charge on any atom is -0.309 e. The Balaban J connectivity index is 1.55. The number of fused-ring (bicyclic) bond motifs is 7. The number of nitrogens with zero attached hydrogens (tertiary/aromatic N) is 2. The Labute approximate surface area is 284 Å². The lowest BCUT2D eigenvalue weighted by Gasteiger charge is -2.32. The van der Waals surface area contributed by atoms with Crippen LogP contribution in [0.1, 0.15) is 52.7 Å². The molecular formula is C44H41ClN2. The first-order chi connectivity index (χ1) is 22.5. The van der Waals surface area contributed by atoms with E-state index in [0.29, 0.717) is 5.02 Å². The fourth-order valence-corrected chi connectivity index (χ4v) is 6.72. The maximum absolute atomic E-state index is 7.70. The molecule has 0 saturated carbocycles. The molecule has 7 rings (SSSR count). The summed E-state index contributed by atoms with van der Waals surface area (Å²) in [5.41, 5.74) is 13.3. The van der Waals surface area contributed by atoms with E-state index in [9.17, 15) is 0 Å². The fraction of sp³-hybridized carbons (Fsp3) is 0.182. The second-order valence-electron chi connectivity index (χ2n) is 14.6. The van der Waals surface area contributed by atoms with E-state index in [0.717, 1.165) is 56.4 Å². The SMILES string of the molecule is CC(C)(C)c1ccc(N2c3cccc(c3)-c3cccc(c3)N(c3ccc(C(C)(C)C)cc3)c3cc(-c4ccccc4)cc2c3Cl)cc1. The van der Waals surface area contributed by atoms with Crippen molar-refractivity contribution in [2.45, 2.75) is 52.4 Å². The lowest BCUT2D eigenvalue weighted by atomic mass is 9.87. The van der Waals surface area contributed by atoms with Gasteiger partial charge in [-0.1, -0.05) is 132 Å². The second kappa shape index (κ2) is 11.8. The van der Waals surface area contributed by atoms with Crippen LogP contribution in [0.15, 0.2) is 140 Å². The Kier molecular flexibility index (Phi) is 7.73.